The Morgan fingerprint density at radius 2 is 2.22 bits per heavy atom. The second-order valence-corrected chi connectivity index (χ2v) is 3.51. The van der Waals surface area contributed by atoms with Gasteiger partial charge in [0, 0.05) is 0 Å². The zero-order valence-corrected chi connectivity index (χ0v) is 6.19. The first-order valence-electron chi connectivity index (χ1n) is 4.27. The number of hydrogen-bond donors (Lipinski definition) is 0. The minimum Gasteiger partial charge on any atom is -0.0651 e. The Hall–Kier alpha value is 0. The highest BCUT2D eigenvalue weighted by atomic mass is 14.5. The van der Waals surface area contributed by atoms with Gasteiger partial charge in [-0.2, -0.15) is 0 Å². The van der Waals surface area contributed by atoms with Gasteiger partial charge in [-0.25, -0.2) is 0 Å². The Morgan fingerprint density at radius 3 is 2.56 bits per heavy atom. The van der Waals surface area contributed by atoms with E-state index in [1.807, 2.05) is 5.92 Å². The van der Waals surface area contributed by atoms with Gasteiger partial charge in [0.05, 0.1) is 0 Å². The van der Waals surface area contributed by atoms with Crippen LogP contribution in [0.5, 0.6) is 0 Å². The van der Waals surface area contributed by atoms with E-state index in [9.17, 15) is 0 Å². The van der Waals surface area contributed by atoms with Gasteiger partial charge in [-0.3, -0.25) is 0 Å². The largest absolute Gasteiger partial charge is 0.0651 e. The summed E-state index contributed by atoms with van der Waals surface area (Å²) in [7, 11) is 0. The lowest BCUT2D eigenvalue weighted by Crippen LogP contribution is -2.12. The molecule has 0 nitrogen and oxygen atoms in total. The molecule has 0 aromatic carbocycles. The molecule has 0 aliphatic heterocycles. The monoisotopic (exact) mass is 123 g/mol. The molecule has 2 fully saturated rings. The molecule has 1 atom stereocenters. The maximum Gasteiger partial charge on any atom is -0.0176 e. The van der Waals surface area contributed by atoms with Gasteiger partial charge in [0.1, 0.15) is 0 Å². The van der Waals surface area contributed by atoms with Crippen LogP contribution in [0.1, 0.15) is 39.0 Å². The minimum absolute atomic E-state index is 1.07. The highest BCUT2D eigenvalue weighted by Gasteiger charge is 2.43. The van der Waals surface area contributed by atoms with Crippen molar-refractivity contribution in [3.63, 3.8) is 0 Å². The fourth-order valence-electron chi connectivity index (χ4n) is 1.91. The van der Waals surface area contributed by atoms with E-state index in [1.165, 1.54) is 32.1 Å². The number of hydrogen-bond acceptors (Lipinski definition) is 0. The van der Waals surface area contributed by atoms with E-state index in [0.717, 1.165) is 11.8 Å². The van der Waals surface area contributed by atoms with Crippen molar-refractivity contribution in [3.8, 4) is 0 Å². The second-order valence-electron chi connectivity index (χ2n) is 3.51. The van der Waals surface area contributed by atoms with Crippen molar-refractivity contribution in [1.29, 1.82) is 0 Å². The maximum absolute atomic E-state index is 2.32. The average Bonchev–Trinajstić information content (AvgIpc) is 2.42. The topological polar surface area (TPSA) is 0 Å². The number of rotatable bonds is 2. The van der Waals surface area contributed by atoms with Crippen LogP contribution in [0.2, 0.25) is 0 Å². The summed E-state index contributed by atoms with van der Waals surface area (Å²) in [4.78, 5) is 0. The molecule has 0 amide bonds. The van der Waals surface area contributed by atoms with Crippen molar-refractivity contribution in [3.05, 3.63) is 5.92 Å². The van der Waals surface area contributed by atoms with Gasteiger partial charge in [-0.15, -0.1) is 0 Å². The standard InChI is InChI=1S/C9H15/c1-2-7-6-9(7)8-4-3-5-8/h7-8H,2-6H2,1H3. The lowest BCUT2D eigenvalue weighted by Gasteiger charge is -2.25. The van der Waals surface area contributed by atoms with Crippen molar-refractivity contribution in [2.75, 3.05) is 0 Å². The van der Waals surface area contributed by atoms with Crippen LogP contribution in [-0.4, -0.2) is 0 Å². The lowest BCUT2D eigenvalue weighted by atomic mass is 9.81. The average molecular weight is 123 g/mol. The lowest BCUT2D eigenvalue weighted by molar-refractivity contribution is 0.346. The van der Waals surface area contributed by atoms with E-state index in [0.29, 0.717) is 0 Å². The van der Waals surface area contributed by atoms with Crippen molar-refractivity contribution in [2.45, 2.75) is 39.0 Å². The molecule has 2 aliphatic rings. The van der Waals surface area contributed by atoms with Crippen LogP contribution < -0.4 is 0 Å². The first kappa shape index (κ1) is 5.76. The zero-order valence-electron chi connectivity index (χ0n) is 6.19. The summed E-state index contributed by atoms with van der Waals surface area (Å²) in [6.07, 6.45) is 7.44. The first-order valence-corrected chi connectivity index (χ1v) is 4.27. The van der Waals surface area contributed by atoms with Crippen LogP contribution >= 0.6 is 0 Å². The molecule has 2 rings (SSSR count). The highest BCUT2D eigenvalue weighted by Crippen LogP contribution is 2.54. The normalized spacial score (nSPS) is 36.3. The third-order valence-corrected chi connectivity index (χ3v) is 2.97. The molecule has 2 saturated carbocycles. The Kier molecular flexibility index (Phi) is 1.28. The van der Waals surface area contributed by atoms with Gasteiger partial charge in [-0.05, 0) is 37.0 Å². The van der Waals surface area contributed by atoms with Crippen LogP contribution in [0.15, 0.2) is 0 Å². The quantitative estimate of drug-likeness (QED) is 0.529. The molecule has 51 valence electrons. The molecule has 1 unspecified atom stereocenters. The third kappa shape index (κ3) is 0.889. The van der Waals surface area contributed by atoms with E-state index in [4.69, 9.17) is 0 Å². The summed E-state index contributed by atoms with van der Waals surface area (Å²) in [5.41, 5.74) is 0. The van der Waals surface area contributed by atoms with Crippen LogP contribution in [0.25, 0.3) is 0 Å². The van der Waals surface area contributed by atoms with Crippen molar-refractivity contribution in [1.82, 2.24) is 0 Å². The van der Waals surface area contributed by atoms with Crippen molar-refractivity contribution < 1.29 is 0 Å². The molecule has 9 heavy (non-hydrogen) atoms. The fourth-order valence-corrected chi connectivity index (χ4v) is 1.91. The van der Waals surface area contributed by atoms with Crippen LogP contribution in [-0.2, 0) is 0 Å². The summed E-state index contributed by atoms with van der Waals surface area (Å²) >= 11 is 0. The molecular formula is C9H15. The Balaban J connectivity index is 1.76. The molecule has 0 bridgehead atoms. The van der Waals surface area contributed by atoms with Gasteiger partial charge >= 0.3 is 0 Å². The highest BCUT2D eigenvalue weighted by molar-refractivity contribution is 5.18. The van der Waals surface area contributed by atoms with Gasteiger partial charge in [0.25, 0.3) is 0 Å². The minimum atomic E-state index is 1.07. The fraction of sp³-hybridized carbons (Fsp3) is 0.889. The molecule has 0 spiro atoms. The second kappa shape index (κ2) is 2.00. The molecule has 0 heteroatoms. The van der Waals surface area contributed by atoms with E-state index in [2.05, 4.69) is 6.92 Å². The van der Waals surface area contributed by atoms with E-state index < -0.39 is 0 Å². The van der Waals surface area contributed by atoms with Gasteiger partial charge < -0.3 is 0 Å². The Labute approximate surface area is 57.6 Å². The van der Waals surface area contributed by atoms with Gasteiger partial charge in [0.15, 0.2) is 0 Å². The summed E-state index contributed by atoms with van der Waals surface area (Å²) in [6.45, 7) is 2.32. The van der Waals surface area contributed by atoms with Crippen molar-refractivity contribution in [2.24, 2.45) is 11.8 Å². The Morgan fingerprint density at radius 1 is 1.44 bits per heavy atom. The molecular weight excluding hydrogens is 108 g/mol. The molecule has 0 N–H and O–H groups in total. The Bertz CT molecular complexity index is 103. The third-order valence-electron chi connectivity index (χ3n) is 2.97. The summed E-state index contributed by atoms with van der Waals surface area (Å²) in [5, 5.41) is 0. The predicted molar refractivity (Wildman–Crippen MR) is 39.0 cm³/mol. The SMILES string of the molecule is CCC1C[C]1C1CCC1. The van der Waals surface area contributed by atoms with E-state index in [-0.39, 0.29) is 0 Å². The molecule has 0 heterocycles. The summed E-state index contributed by atoms with van der Waals surface area (Å²) < 4.78 is 0. The smallest absolute Gasteiger partial charge is 0.0176 e. The molecule has 2 aliphatic carbocycles. The molecule has 0 aromatic rings. The van der Waals surface area contributed by atoms with Crippen molar-refractivity contribution >= 4 is 0 Å². The van der Waals surface area contributed by atoms with Gasteiger partial charge in [-0.1, -0.05) is 19.8 Å². The van der Waals surface area contributed by atoms with Crippen LogP contribution in [0.3, 0.4) is 0 Å². The van der Waals surface area contributed by atoms with Crippen LogP contribution in [0, 0.1) is 17.8 Å². The van der Waals surface area contributed by atoms with Gasteiger partial charge in [0.2, 0.25) is 0 Å². The zero-order chi connectivity index (χ0) is 6.27. The maximum atomic E-state index is 2.32. The predicted octanol–water partition coefficient (Wildman–Crippen LogP) is 2.79. The van der Waals surface area contributed by atoms with Crippen LogP contribution in [0.4, 0.5) is 0 Å². The summed E-state index contributed by atoms with van der Waals surface area (Å²) in [5.74, 6) is 4.08. The molecule has 1 radical (unpaired) electrons. The van der Waals surface area contributed by atoms with E-state index >= 15 is 0 Å². The van der Waals surface area contributed by atoms with E-state index in [1.54, 1.807) is 0 Å². The molecule has 0 aromatic heterocycles. The summed E-state index contributed by atoms with van der Waals surface area (Å²) in [6, 6.07) is 0. The first-order chi connectivity index (χ1) is 4.42. The molecule has 0 saturated heterocycles.